The molecule has 0 fully saturated rings. The standard InChI is InChI=1S/C15H25BrN2/c1-13(2)11-18(9-8-17(3)4)12-14-6-5-7-15(16)10-14/h5-7,10,13H,8-9,11-12H2,1-4H3. The predicted octanol–water partition coefficient (Wildman–Crippen LogP) is 3.47. The molecule has 0 N–H and O–H groups in total. The first kappa shape index (κ1) is 15.7. The molecule has 3 heteroatoms. The lowest BCUT2D eigenvalue weighted by Gasteiger charge is -2.26. The number of likely N-dealkylation sites (N-methyl/N-ethyl adjacent to an activating group) is 1. The van der Waals surface area contributed by atoms with Crippen molar-refractivity contribution in [2.75, 3.05) is 33.7 Å². The first-order valence-electron chi connectivity index (χ1n) is 6.59. The summed E-state index contributed by atoms with van der Waals surface area (Å²) >= 11 is 3.54. The molecule has 1 aromatic carbocycles. The third kappa shape index (κ3) is 6.53. The fourth-order valence-electron chi connectivity index (χ4n) is 1.99. The van der Waals surface area contributed by atoms with Gasteiger partial charge in [-0.2, -0.15) is 0 Å². The van der Waals surface area contributed by atoms with E-state index in [0.717, 1.165) is 30.7 Å². The SMILES string of the molecule is CC(C)CN(CCN(C)C)Cc1cccc(Br)c1. The van der Waals surface area contributed by atoms with Crippen molar-refractivity contribution in [1.82, 2.24) is 9.80 Å². The van der Waals surface area contributed by atoms with E-state index >= 15 is 0 Å². The highest BCUT2D eigenvalue weighted by Gasteiger charge is 2.08. The van der Waals surface area contributed by atoms with Crippen LogP contribution in [0, 0.1) is 5.92 Å². The number of hydrogen-bond donors (Lipinski definition) is 0. The monoisotopic (exact) mass is 312 g/mol. The Morgan fingerprint density at radius 1 is 1.17 bits per heavy atom. The second-order valence-corrected chi connectivity index (χ2v) is 6.48. The van der Waals surface area contributed by atoms with Gasteiger partial charge in [0.2, 0.25) is 0 Å². The van der Waals surface area contributed by atoms with Crippen molar-refractivity contribution in [1.29, 1.82) is 0 Å². The van der Waals surface area contributed by atoms with Gasteiger partial charge in [0.25, 0.3) is 0 Å². The van der Waals surface area contributed by atoms with Gasteiger partial charge in [-0.3, -0.25) is 4.90 Å². The highest BCUT2D eigenvalue weighted by atomic mass is 79.9. The summed E-state index contributed by atoms with van der Waals surface area (Å²) in [5, 5.41) is 0. The average Bonchev–Trinajstić information content (AvgIpc) is 2.25. The maximum absolute atomic E-state index is 3.54. The molecule has 0 heterocycles. The number of rotatable bonds is 7. The number of nitrogens with zero attached hydrogens (tertiary/aromatic N) is 2. The zero-order chi connectivity index (χ0) is 13.5. The molecule has 102 valence electrons. The molecule has 1 rings (SSSR count). The topological polar surface area (TPSA) is 6.48 Å². The van der Waals surface area contributed by atoms with Crippen LogP contribution in [-0.4, -0.2) is 43.5 Å². The minimum Gasteiger partial charge on any atom is -0.308 e. The largest absolute Gasteiger partial charge is 0.308 e. The molecule has 0 aliphatic heterocycles. The van der Waals surface area contributed by atoms with E-state index in [1.54, 1.807) is 0 Å². The lowest BCUT2D eigenvalue weighted by atomic mass is 10.1. The highest BCUT2D eigenvalue weighted by molar-refractivity contribution is 9.10. The van der Waals surface area contributed by atoms with Gasteiger partial charge in [-0.15, -0.1) is 0 Å². The van der Waals surface area contributed by atoms with Gasteiger partial charge >= 0.3 is 0 Å². The Balaban J connectivity index is 2.59. The number of hydrogen-bond acceptors (Lipinski definition) is 2. The maximum Gasteiger partial charge on any atom is 0.0234 e. The molecule has 0 radical (unpaired) electrons. The van der Waals surface area contributed by atoms with Crippen LogP contribution in [0.3, 0.4) is 0 Å². The van der Waals surface area contributed by atoms with E-state index < -0.39 is 0 Å². The van der Waals surface area contributed by atoms with E-state index in [2.05, 4.69) is 77.9 Å². The molecule has 2 nitrogen and oxygen atoms in total. The zero-order valence-corrected chi connectivity index (χ0v) is 13.6. The summed E-state index contributed by atoms with van der Waals surface area (Å²) in [4.78, 5) is 4.78. The van der Waals surface area contributed by atoms with Crippen LogP contribution >= 0.6 is 15.9 Å². The van der Waals surface area contributed by atoms with Gasteiger partial charge < -0.3 is 4.90 Å². The Bertz CT molecular complexity index is 350. The van der Waals surface area contributed by atoms with Gasteiger partial charge in [0.1, 0.15) is 0 Å². The average molecular weight is 313 g/mol. The Labute approximate surface area is 120 Å². The molecular formula is C15H25BrN2. The van der Waals surface area contributed by atoms with Gasteiger partial charge in [-0.25, -0.2) is 0 Å². The van der Waals surface area contributed by atoms with Crippen molar-refractivity contribution < 1.29 is 0 Å². The molecule has 0 saturated heterocycles. The minimum absolute atomic E-state index is 0.708. The summed E-state index contributed by atoms with van der Waals surface area (Å²) in [6, 6.07) is 8.60. The van der Waals surface area contributed by atoms with E-state index in [9.17, 15) is 0 Å². The molecular weight excluding hydrogens is 288 g/mol. The van der Waals surface area contributed by atoms with Crippen molar-refractivity contribution >= 4 is 15.9 Å². The molecule has 0 unspecified atom stereocenters. The molecule has 0 saturated carbocycles. The smallest absolute Gasteiger partial charge is 0.0234 e. The van der Waals surface area contributed by atoms with Crippen LogP contribution < -0.4 is 0 Å². The van der Waals surface area contributed by atoms with Crippen LogP contribution in [-0.2, 0) is 6.54 Å². The molecule has 0 atom stereocenters. The van der Waals surface area contributed by atoms with E-state index in [0.29, 0.717) is 5.92 Å². The molecule has 0 amide bonds. The van der Waals surface area contributed by atoms with Crippen LogP contribution in [0.5, 0.6) is 0 Å². The van der Waals surface area contributed by atoms with E-state index in [1.165, 1.54) is 5.56 Å². The van der Waals surface area contributed by atoms with E-state index in [4.69, 9.17) is 0 Å². The van der Waals surface area contributed by atoms with Crippen LogP contribution in [0.2, 0.25) is 0 Å². The zero-order valence-electron chi connectivity index (χ0n) is 12.0. The second kappa shape index (κ2) is 7.93. The van der Waals surface area contributed by atoms with Crippen molar-refractivity contribution in [3.63, 3.8) is 0 Å². The highest BCUT2D eigenvalue weighted by Crippen LogP contribution is 2.14. The van der Waals surface area contributed by atoms with Crippen LogP contribution in [0.4, 0.5) is 0 Å². The summed E-state index contributed by atoms with van der Waals surface area (Å²) in [7, 11) is 4.26. The summed E-state index contributed by atoms with van der Waals surface area (Å²) in [6.45, 7) is 8.98. The molecule has 18 heavy (non-hydrogen) atoms. The molecule has 0 bridgehead atoms. The Hall–Kier alpha value is -0.380. The van der Waals surface area contributed by atoms with Gasteiger partial charge in [-0.05, 0) is 37.7 Å². The third-order valence-corrected chi connectivity index (χ3v) is 3.28. The fourth-order valence-corrected chi connectivity index (χ4v) is 2.43. The van der Waals surface area contributed by atoms with Gasteiger partial charge in [0, 0.05) is 30.7 Å². The molecule has 0 spiro atoms. The van der Waals surface area contributed by atoms with Gasteiger partial charge in [0.15, 0.2) is 0 Å². The second-order valence-electron chi connectivity index (χ2n) is 5.56. The van der Waals surface area contributed by atoms with Gasteiger partial charge in [0.05, 0.1) is 0 Å². The molecule has 0 aliphatic carbocycles. The minimum atomic E-state index is 0.708. The van der Waals surface area contributed by atoms with E-state index in [-0.39, 0.29) is 0 Å². The van der Waals surface area contributed by atoms with Crippen molar-refractivity contribution in [2.24, 2.45) is 5.92 Å². The summed E-state index contributed by atoms with van der Waals surface area (Å²) in [5.41, 5.74) is 1.38. The lowest BCUT2D eigenvalue weighted by Crippen LogP contribution is -2.33. The number of benzene rings is 1. The normalized spacial score (nSPS) is 11.8. The maximum atomic E-state index is 3.54. The lowest BCUT2D eigenvalue weighted by molar-refractivity contribution is 0.211. The molecule has 0 aromatic heterocycles. The summed E-state index contributed by atoms with van der Waals surface area (Å²) in [5.74, 6) is 0.708. The molecule has 0 aliphatic rings. The van der Waals surface area contributed by atoms with E-state index in [1.807, 2.05) is 0 Å². The molecule has 1 aromatic rings. The quantitative estimate of drug-likeness (QED) is 0.760. The first-order chi connectivity index (χ1) is 8.47. The fraction of sp³-hybridized carbons (Fsp3) is 0.600. The predicted molar refractivity (Wildman–Crippen MR) is 82.8 cm³/mol. The van der Waals surface area contributed by atoms with Crippen LogP contribution in [0.15, 0.2) is 28.7 Å². The van der Waals surface area contributed by atoms with Crippen molar-refractivity contribution in [2.45, 2.75) is 20.4 Å². The Kier molecular flexibility index (Phi) is 6.90. The first-order valence-corrected chi connectivity index (χ1v) is 7.38. The van der Waals surface area contributed by atoms with Crippen LogP contribution in [0.1, 0.15) is 19.4 Å². The number of halogens is 1. The Morgan fingerprint density at radius 3 is 2.44 bits per heavy atom. The van der Waals surface area contributed by atoms with Crippen LogP contribution in [0.25, 0.3) is 0 Å². The van der Waals surface area contributed by atoms with Gasteiger partial charge in [-0.1, -0.05) is 41.9 Å². The third-order valence-electron chi connectivity index (χ3n) is 2.78. The Morgan fingerprint density at radius 2 is 1.89 bits per heavy atom. The van der Waals surface area contributed by atoms with Crippen molar-refractivity contribution in [3.8, 4) is 0 Å². The summed E-state index contributed by atoms with van der Waals surface area (Å²) in [6.07, 6.45) is 0. The van der Waals surface area contributed by atoms with Crippen molar-refractivity contribution in [3.05, 3.63) is 34.3 Å². The summed E-state index contributed by atoms with van der Waals surface area (Å²) < 4.78 is 1.16.